The molecule has 0 aliphatic heterocycles. The topological polar surface area (TPSA) is 99.0 Å². The third-order valence-corrected chi connectivity index (χ3v) is 3.26. The van der Waals surface area contributed by atoms with Gasteiger partial charge in [0.1, 0.15) is 11.2 Å². The van der Waals surface area contributed by atoms with Gasteiger partial charge in [-0.05, 0) is 63.5 Å². The van der Waals surface area contributed by atoms with Crippen LogP contribution in [0.5, 0.6) is 0 Å². The van der Waals surface area contributed by atoms with Crippen LogP contribution >= 0.6 is 15.9 Å². The van der Waals surface area contributed by atoms with E-state index in [1.807, 2.05) is 0 Å². The van der Waals surface area contributed by atoms with Crippen LogP contribution in [0.3, 0.4) is 0 Å². The van der Waals surface area contributed by atoms with Gasteiger partial charge in [-0.1, -0.05) is 0 Å². The molecule has 1 rings (SSSR count). The van der Waals surface area contributed by atoms with E-state index >= 15 is 0 Å². The lowest BCUT2D eigenvalue weighted by atomic mass is 10.2. The number of anilines is 1. The van der Waals surface area contributed by atoms with E-state index in [4.69, 9.17) is 9.47 Å². The lowest BCUT2D eigenvalue weighted by molar-refractivity contribution is -0.386. The maximum absolute atomic E-state index is 14.7. The second-order valence-corrected chi connectivity index (χ2v) is 8.26. The number of hydrogen-bond acceptors (Lipinski definition) is 6. The molecule has 0 atom stereocenters. The first-order valence-corrected chi connectivity index (χ1v) is 8.42. The first kappa shape index (κ1) is 22.7. The highest BCUT2D eigenvalue weighted by molar-refractivity contribution is 9.10. The maximum Gasteiger partial charge on any atom is 0.424 e. The molecule has 1 aromatic rings. The number of carbonyl (C=O) groups excluding carboxylic acids is 2. The number of benzene rings is 1. The standard InChI is InChI=1S/C16H19BrF2N2O6/c1-15(2,3)26-13(22)20(14(23)27-16(4,5)6)12-10(19)8(17)7-9(18)11(12)21(24)25/h7H,1-6H3. The summed E-state index contributed by atoms with van der Waals surface area (Å²) in [6, 6.07) is 0.513. The molecule has 0 heterocycles. The van der Waals surface area contributed by atoms with Crippen LogP contribution in [0.4, 0.5) is 29.7 Å². The molecule has 0 spiro atoms. The largest absolute Gasteiger partial charge is 0.443 e. The van der Waals surface area contributed by atoms with Crippen LogP contribution in [0, 0.1) is 21.7 Å². The molecular weight excluding hydrogens is 434 g/mol. The molecule has 2 amide bonds. The van der Waals surface area contributed by atoms with E-state index in [1.54, 1.807) is 0 Å². The highest BCUT2D eigenvalue weighted by Gasteiger charge is 2.41. The molecule has 0 saturated carbocycles. The van der Waals surface area contributed by atoms with Gasteiger partial charge in [-0.2, -0.15) is 9.29 Å². The molecule has 11 heteroatoms. The number of nitro groups is 1. The van der Waals surface area contributed by atoms with Gasteiger partial charge >= 0.3 is 17.9 Å². The molecule has 0 N–H and O–H groups in total. The highest BCUT2D eigenvalue weighted by Crippen LogP contribution is 2.39. The van der Waals surface area contributed by atoms with Crippen LogP contribution in [-0.4, -0.2) is 28.3 Å². The van der Waals surface area contributed by atoms with Crippen molar-refractivity contribution in [1.82, 2.24) is 0 Å². The van der Waals surface area contributed by atoms with Gasteiger partial charge in [0.2, 0.25) is 5.82 Å². The Morgan fingerprint density at radius 2 is 1.48 bits per heavy atom. The zero-order valence-corrected chi connectivity index (χ0v) is 17.1. The Balaban J connectivity index is 3.72. The van der Waals surface area contributed by atoms with Crippen molar-refractivity contribution in [3.8, 4) is 0 Å². The number of nitro benzene ring substituents is 1. The Kier molecular flexibility index (Phi) is 6.53. The van der Waals surface area contributed by atoms with Gasteiger partial charge in [0.25, 0.3) is 0 Å². The van der Waals surface area contributed by atoms with E-state index in [0.717, 1.165) is 0 Å². The normalized spacial score (nSPS) is 11.7. The molecule has 0 bridgehead atoms. The van der Waals surface area contributed by atoms with Crippen molar-refractivity contribution in [2.45, 2.75) is 52.7 Å². The van der Waals surface area contributed by atoms with Crippen LogP contribution in [0.2, 0.25) is 0 Å². The van der Waals surface area contributed by atoms with Gasteiger partial charge in [0.15, 0.2) is 11.5 Å². The maximum atomic E-state index is 14.7. The quantitative estimate of drug-likeness (QED) is 0.342. The van der Waals surface area contributed by atoms with Crippen LogP contribution in [0.1, 0.15) is 41.5 Å². The molecule has 0 aromatic heterocycles. The van der Waals surface area contributed by atoms with Gasteiger partial charge in [0.05, 0.1) is 9.40 Å². The number of carbonyl (C=O) groups is 2. The smallest absolute Gasteiger partial charge is 0.424 e. The van der Waals surface area contributed by atoms with Crippen LogP contribution < -0.4 is 4.90 Å². The fraction of sp³-hybridized carbons (Fsp3) is 0.500. The van der Waals surface area contributed by atoms with Crippen LogP contribution in [0.25, 0.3) is 0 Å². The fourth-order valence-electron chi connectivity index (χ4n) is 1.82. The Hall–Kier alpha value is -2.30. The summed E-state index contributed by atoms with van der Waals surface area (Å²) in [5.41, 5.74) is -4.90. The Morgan fingerprint density at radius 1 is 1.07 bits per heavy atom. The van der Waals surface area contributed by atoms with Crippen molar-refractivity contribution in [2.24, 2.45) is 0 Å². The molecule has 0 radical (unpaired) electrons. The second-order valence-electron chi connectivity index (χ2n) is 7.40. The average Bonchev–Trinajstić information content (AvgIpc) is 2.39. The van der Waals surface area contributed by atoms with E-state index in [9.17, 15) is 28.5 Å². The molecular formula is C16H19BrF2N2O6. The Bertz CT molecular complexity index is 759. The van der Waals surface area contributed by atoms with E-state index < -0.39 is 55.8 Å². The minimum absolute atomic E-state index is 0.0300. The number of amides is 2. The van der Waals surface area contributed by atoms with Gasteiger partial charge in [0, 0.05) is 0 Å². The number of ether oxygens (including phenoxy) is 2. The van der Waals surface area contributed by atoms with Crippen LogP contribution in [-0.2, 0) is 9.47 Å². The number of halogens is 3. The van der Waals surface area contributed by atoms with Crippen molar-refractivity contribution in [3.05, 3.63) is 32.3 Å². The van der Waals surface area contributed by atoms with Crippen molar-refractivity contribution < 1.29 is 32.8 Å². The minimum Gasteiger partial charge on any atom is -0.443 e. The summed E-state index contributed by atoms with van der Waals surface area (Å²) >= 11 is 2.70. The number of hydrogen-bond donors (Lipinski definition) is 0. The van der Waals surface area contributed by atoms with Gasteiger partial charge < -0.3 is 9.47 Å². The zero-order valence-electron chi connectivity index (χ0n) is 15.6. The molecule has 0 aliphatic carbocycles. The predicted molar refractivity (Wildman–Crippen MR) is 95.7 cm³/mol. The monoisotopic (exact) mass is 452 g/mol. The average molecular weight is 453 g/mol. The summed E-state index contributed by atoms with van der Waals surface area (Å²) < 4.78 is 38.3. The summed E-state index contributed by atoms with van der Waals surface area (Å²) in [4.78, 5) is 35.0. The molecule has 8 nitrogen and oxygen atoms in total. The molecule has 27 heavy (non-hydrogen) atoms. The molecule has 0 aliphatic rings. The van der Waals surface area contributed by atoms with Crippen molar-refractivity contribution in [2.75, 3.05) is 4.90 Å². The van der Waals surface area contributed by atoms with E-state index in [2.05, 4.69) is 15.9 Å². The first-order valence-electron chi connectivity index (χ1n) is 7.63. The Labute approximate surface area is 162 Å². The van der Waals surface area contributed by atoms with Crippen molar-refractivity contribution in [1.29, 1.82) is 0 Å². The lowest BCUT2D eigenvalue weighted by Gasteiger charge is -2.28. The van der Waals surface area contributed by atoms with E-state index in [1.165, 1.54) is 41.5 Å². The second kappa shape index (κ2) is 7.75. The van der Waals surface area contributed by atoms with Crippen molar-refractivity contribution in [3.63, 3.8) is 0 Å². The molecule has 150 valence electrons. The summed E-state index contributed by atoms with van der Waals surface area (Å²) in [7, 11) is 0. The third-order valence-electron chi connectivity index (χ3n) is 2.68. The Morgan fingerprint density at radius 3 is 1.81 bits per heavy atom. The first-order chi connectivity index (χ1) is 12.0. The van der Waals surface area contributed by atoms with Crippen molar-refractivity contribution >= 4 is 39.5 Å². The molecule has 0 unspecified atom stereocenters. The summed E-state index contributed by atoms with van der Waals surface area (Å²) in [5, 5.41) is 11.3. The SMILES string of the molecule is CC(C)(C)OC(=O)N(C(=O)OC(C)(C)C)c1c(F)c(Br)cc(F)c1[N+](=O)[O-]. The van der Waals surface area contributed by atoms with Gasteiger partial charge in [-0.15, -0.1) is 0 Å². The highest BCUT2D eigenvalue weighted by atomic mass is 79.9. The van der Waals surface area contributed by atoms with E-state index in [-0.39, 0.29) is 4.90 Å². The van der Waals surface area contributed by atoms with Gasteiger partial charge in [-0.3, -0.25) is 10.1 Å². The number of rotatable bonds is 2. The number of imide groups is 1. The summed E-state index contributed by atoms with van der Waals surface area (Å²) in [6.45, 7) is 8.78. The summed E-state index contributed by atoms with van der Waals surface area (Å²) in [5.74, 6) is -2.86. The number of nitrogens with zero attached hydrogens (tertiary/aromatic N) is 2. The lowest BCUT2D eigenvalue weighted by Crippen LogP contribution is -2.44. The molecule has 0 fully saturated rings. The fourth-order valence-corrected chi connectivity index (χ4v) is 2.21. The summed E-state index contributed by atoms with van der Waals surface area (Å²) in [6.07, 6.45) is -2.92. The molecule has 1 aromatic carbocycles. The predicted octanol–water partition coefficient (Wildman–Crippen LogP) is 5.31. The minimum atomic E-state index is -1.46. The van der Waals surface area contributed by atoms with E-state index in [0.29, 0.717) is 6.07 Å². The zero-order chi connectivity index (χ0) is 21.3. The van der Waals surface area contributed by atoms with Gasteiger partial charge in [-0.25, -0.2) is 14.0 Å². The molecule has 0 saturated heterocycles. The third kappa shape index (κ3) is 5.84. The van der Waals surface area contributed by atoms with Crippen LogP contribution in [0.15, 0.2) is 10.5 Å².